The minimum atomic E-state index is -0.159. The van der Waals surface area contributed by atoms with Crippen molar-refractivity contribution >= 4 is 23.7 Å². The summed E-state index contributed by atoms with van der Waals surface area (Å²) in [5.74, 6) is 0.519. The first-order valence-electron chi connectivity index (χ1n) is 9.10. The van der Waals surface area contributed by atoms with Crippen LogP contribution in [-0.4, -0.2) is 97.3 Å². The maximum absolute atomic E-state index is 11.9. The molecule has 2 heterocycles. The number of hydrogen-bond donors (Lipinski definition) is 2. The summed E-state index contributed by atoms with van der Waals surface area (Å²) in [5.41, 5.74) is 0. The van der Waals surface area contributed by atoms with Crippen LogP contribution in [0.3, 0.4) is 0 Å². The Labute approximate surface area is 154 Å². The highest BCUT2D eigenvalue weighted by atomic mass is 16.2. The van der Waals surface area contributed by atoms with Crippen LogP contribution in [0.2, 0.25) is 0 Å². The van der Waals surface area contributed by atoms with Crippen molar-refractivity contribution in [2.45, 2.75) is 38.8 Å². The number of guanidine groups is 1. The molecule has 146 valence electrons. The SMILES string of the molecule is CC(C)NC(=O)CN=C(NCC(=O)N(C)C)N1CCN2C(=O)CCC2C1. The molecule has 0 saturated carbocycles. The second-order valence-electron chi connectivity index (χ2n) is 7.23. The van der Waals surface area contributed by atoms with E-state index in [0.717, 1.165) is 6.42 Å². The van der Waals surface area contributed by atoms with Gasteiger partial charge in [-0.25, -0.2) is 4.99 Å². The number of nitrogens with one attached hydrogen (secondary N) is 2. The number of hydrogen-bond acceptors (Lipinski definition) is 4. The van der Waals surface area contributed by atoms with Gasteiger partial charge in [-0.1, -0.05) is 0 Å². The fraction of sp³-hybridized carbons (Fsp3) is 0.765. The maximum atomic E-state index is 11.9. The third-order valence-electron chi connectivity index (χ3n) is 4.51. The van der Waals surface area contributed by atoms with Crippen LogP contribution in [0.25, 0.3) is 0 Å². The summed E-state index contributed by atoms with van der Waals surface area (Å²) in [7, 11) is 3.39. The topological polar surface area (TPSA) is 97.3 Å². The molecule has 0 aromatic rings. The van der Waals surface area contributed by atoms with E-state index in [-0.39, 0.29) is 42.9 Å². The van der Waals surface area contributed by atoms with E-state index in [0.29, 0.717) is 32.0 Å². The Bertz CT molecular complexity index is 575. The fourth-order valence-corrected chi connectivity index (χ4v) is 3.15. The third kappa shape index (κ3) is 5.34. The molecule has 1 unspecified atom stereocenters. The second kappa shape index (κ2) is 8.86. The first-order valence-corrected chi connectivity index (χ1v) is 9.10. The van der Waals surface area contributed by atoms with Crippen molar-refractivity contribution in [1.82, 2.24) is 25.3 Å². The number of amides is 3. The molecule has 2 saturated heterocycles. The number of likely N-dealkylation sites (N-methyl/N-ethyl adjacent to an activating group) is 1. The lowest BCUT2D eigenvalue weighted by molar-refractivity contribution is -0.130. The average Bonchev–Trinajstić information content (AvgIpc) is 2.94. The zero-order chi connectivity index (χ0) is 19.3. The minimum Gasteiger partial charge on any atom is -0.352 e. The quantitative estimate of drug-likeness (QED) is 0.473. The van der Waals surface area contributed by atoms with Crippen LogP contribution in [0.1, 0.15) is 26.7 Å². The second-order valence-corrected chi connectivity index (χ2v) is 7.23. The molecule has 26 heavy (non-hydrogen) atoms. The minimum absolute atomic E-state index is 0.000476. The molecule has 2 fully saturated rings. The Morgan fingerprint density at radius 2 is 2.04 bits per heavy atom. The Balaban J connectivity index is 2.03. The molecule has 3 amide bonds. The first kappa shape index (κ1) is 20.0. The Morgan fingerprint density at radius 1 is 1.31 bits per heavy atom. The van der Waals surface area contributed by atoms with Gasteiger partial charge in [-0.2, -0.15) is 0 Å². The number of carbonyl (C=O) groups is 3. The number of nitrogens with zero attached hydrogens (tertiary/aromatic N) is 4. The van der Waals surface area contributed by atoms with E-state index in [9.17, 15) is 14.4 Å². The van der Waals surface area contributed by atoms with E-state index < -0.39 is 0 Å². The monoisotopic (exact) mass is 366 g/mol. The van der Waals surface area contributed by atoms with Gasteiger partial charge in [0.15, 0.2) is 5.96 Å². The summed E-state index contributed by atoms with van der Waals surface area (Å²) < 4.78 is 0. The number of rotatable bonds is 5. The number of piperazine rings is 1. The van der Waals surface area contributed by atoms with E-state index >= 15 is 0 Å². The van der Waals surface area contributed by atoms with Crippen LogP contribution in [0.15, 0.2) is 4.99 Å². The fourth-order valence-electron chi connectivity index (χ4n) is 3.15. The first-order chi connectivity index (χ1) is 12.3. The lowest BCUT2D eigenvalue weighted by atomic mass is 10.1. The van der Waals surface area contributed by atoms with Gasteiger partial charge in [-0.15, -0.1) is 0 Å². The molecule has 2 aliphatic rings. The van der Waals surface area contributed by atoms with E-state index in [1.807, 2.05) is 23.6 Å². The van der Waals surface area contributed by atoms with Crippen LogP contribution >= 0.6 is 0 Å². The van der Waals surface area contributed by atoms with Crippen molar-refractivity contribution in [2.75, 3.05) is 46.8 Å². The van der Waals surface area contributed by atoms with E-state index in [1.54, 1.807) is 14.1 Å². The molecule has 0 spiro atoms. The zero-order valence-electron chi connectivity index (χ0n) is 16.1. The summed E-state index contributed by atoms with van der Waals surface area (Å²) in [4.78, 5) is 45.5. The van der Waals surface area contributed by atoms with Crippen LogP contribution < -0.4 is 10.6 Å². The summed E-state index contributed by atoms with van der Waals surface area (Å²) >= 11 is 0. The van der Waals surface area contributed by atoms with Gasteiger partial charge in [0, 0.05) is 52.2 Å². The maximum Gasteiger partial charge on any atom is 0.242 e. The van der Waals surface area contributed by atoms with Crippen molar-refractivity contribution in [3.63, 3.8) is 0 Å². The van der Waals surface area contributed by atoms with Crippen molar-refractivity contribution in [1.29, 1.82) is 0 Å². The average molecular weight is 366 g/mol. The molecular weight excluding hydrogens is 336 g/mol. The van der Waals surface area contributed by atoms with Crippen LogP contribution in [0.4, 0.5) is 0 Å². The molecule has 2 N–H and O–H groups in total. The molecule has 0 aliphatic carbocycles. The Morgan fingerprint density at radius 3 is 2.69 bits per heavy atom. The summed E-state index contributed by atoms with van der Waals surface area (Å²) in [5, 5.41) is 5.88. The van der Waals surface area contributed by atoms with Gasteiger partial charge in [0.2, 0.25) is 17.7 Å². The highest BCUT2D eigenvalue weighted by Crippen LogP contribution is 2.22. The lowest BCUT2D eigenvalue weighted by Crippen LogP contribution is -2.56. The molecule has 2 rings (SSSR count). The van der Waals surface area contributed by atoms with Gasteiger partial charge < -0.3 is 25.3 Å². The van der Waals surface area contributed by atoms with Gasteiger partial charge in [0.25, 0.3) is 0 Å². The molecular formula is C17H30N6O3. The molecule has 0 aromatic carbocycles. The smallest absolute Gasteiger partial charge is 0.242 e. The van der Waals surface area contributed by atoms with E-state index in [4.69, 9.17) is 0 Å². The largest absolute Gasteiger partial charge is 0.352 e. The van der Waals surface area contributed by atoms with Crippen LogP contribution in [-0.2, 0) is 14.4 Å². The zero-order valence-corrected chi connectivity index (χ0v) is 16.1. The number of carbonyl (C=O) groups excluding carboxylic acids is 3. The van der Waals surface area contributed by atoms with Crippen LogP contribution in [0.5, 0.6) is 0 Å². The van der Waals surface area contributed by atoms with Gasteiger partial charge in [-0.3, -0.25) is 14.4 Å². The molecule has 9 nitrogen and oxygen atoms in total. The van der Waals surface area contributed by atoms with Gasteiger partial charge >= 0.3 is 0 Å². The van der Waals surface area contributed by atoms with Crippen molar-refractivity contribution in [3.8, 4) is 0 Å². The third-order valence-corrected chi connectivity index (χ3v) is 4.51. The van der Waals surface area contributed by atoms with E-state index in [1.165, 1.54) is 4.90 Å². The Kier molecular flexibility index (Phi) is 6.82. The predicted octanol–water partition coefficient (Wildman–Crippen LogP) is -1.15. The molecule has 1 atom stereocenters. The molecule has 0 radical (unpaired) electrons. The summed E-state index contributed by atoms with van der Waals surface area (Å²) in [6, 6.07) is 0.231. The highest BCUT2D eigenvalue weighted by Gasteiger charge is 2.36. The molecule has 0 aromatic heterocycles. The van der Waals surface area contributed by atoms with Crippen LogP contribution in [0, 0.1) is 0 Å². The van der Waals surface area contributed by atoms with E-state index in [2.05, 4.69) is 15.6 Å². The van der Waals surface area contributed by atoms with Crippen molar-refractivity contribution < 1.29 is 14.4 Å². The normalized spacial score (nSPS) is 20.3. The highest BCUT2D eigenvalue weighted by molar-refractivity contribution is 5.89. The molecule has 9 heteroatoms. The molecule has 0 bridgehead atoms. The number of aliphatic imine (C=N–C) groups is 1. The number of fused-ring (bicyclic) bond motifs is 1. The van der Waals surface area contributed by atoms with Gasteiger partial charge in [0.1, 0.15) is 6.54 Å². The van der Waals surface area contributed by atoms with Crippen molar-refractivity contribution in [3.05, 3.63) is 0 Å². The molecule has 2 aliphatic heterocycles. The predicted molar refractivity (Wildman–Crippen MR) is 98.6 cm³/mol. The Hall–Kier alpha value is -2.32. The lowest BCUT2D eigenvalue weighted by Gasteiger charge is -2.39. The summed E-state index contributed by atoms with van der Waals surface area (Å²) in [6.45, 7) is 5.85. The van der Waals surface area contributed by atoms with Gasteiger partial charge in [-0.05, 0) is 20.3 Å². The summed E-state index contributed by atoms with van der Waals surface area (Å²) in [6.07, 6.45) is 1.43. The standard InChI is InChI=1S/C17H30N6O3/c1-12(2)20-14(24)9-18-17(19-10-16(26)21(3)4)22-7-8-23-13(11-22)5-6-15(23)25/h12-13H,5-11H2,1-4H3,(H,18,19)(H,20,24). The van der Waals surface area contributed by atoms with Crippen molar-refractivity contribution in [2.24, 2.45) is 4.99 Å². The van der Waals surface area contributed by atoms with Gasteiger partial charge in [0.05, 0.1) is 6.54 Å².